The van der Waals surface area contributed by atoms with Crippen molar-refractivity contribution < 1.29 is 19.1 Å². The van der Waals surface area contributed by atoms with Crippen molar-refractivity contribution in [2.45, 2.75) is 0 Å². The van der Waals surface area contributed by atoms with E-state index in [1.807, 2.05) is 41.1 Å². The monoisotopic (exact) mass is 339 g/mol. The van der Waals surface area contributed by atoms with Gasteiger partial charge in [-0.25, -0.2) is 4.79 Å². The predicted molar refractivity (Wildman–Crippen MR) is 91.2 cm³/mol. The van der Waals surface area contributed by atoms with E-state index in [4.69, 9.17) is 4.74 Å². The standard InChI is InChI=1S/C18H17N3O4/c1-19-16(22)15(17(23)20(2)18(19)24)11-13-5-4-10-21(13)12-6-8-14(25-3)9-7-12/h4-11H,1-3H3. The molecule has 1 aliphatic heterocycles. The third-order valence-corrected chi connectivity index (χ3v) is 4.07. The molecule has 0 radical (unpaired) electrons. The highest BCUT2D eigenvalue weighted by Crippen LogP contribution is 2.21. The molecule has 128 valence electrons. The molecule has 25 heavy (non-hydrogen) atoms. The number of carbonyl (C=O) groups excluding carboxylic acids is 3. The first-order valence-electron chi connectivity index (χ1n) is 7.57. The minimum absolute atomic E-state index is 0.0574. The number of hydrogen-bond acceptors (Lipinski definition) is 4. The minimum atomic E-state index is -0.641. The third-order valence-electron chi connectivity index (χ3n) is 4.07. The second-order valence-electron chi connectivity index (χ2n) is 5.57. The van der Waals surface area contributed by atoms with Crippen LogP contribution in [0.25, 0.3) is 11.8 Å². The summed E-state index contributed by atoms with van der Waals surface area (Å²) in [6.07, 6.45) is 3.32. The first-order chi connectivity index (χ1) is 11.9. The number of methoxy groups -OCH3 is 1. The van der Waals surface area contributed by atoms with Gasteiger partial charge >= 0.3 is 6.03 Å². The van der Waals surface area contributed by atoms with Gasteiger partial charge in [-0.2, -0.15) is 0 Å². The molecular weight excluding hydrogens is 322 g/mol. The molecule has 7 heteroatoms. The van der Waals surface area contributed by atoms with Crippen LogP contribution in [0.5, 0.6) is 5.75 Å². The van der Waals surface area contributed by atoms with Crippen LogP contribution in [0.3, 0.4) is 0 Å². The average Bonchev–Trinajstić information content (AvgIpc) is 3.10. The Balaban J connectivity index is 2.02. The quantitative estimate of drug-likeness (QED) is 0.633. The van der Waals surface area contributed by atoms with Crippen molar-refractivity contribution in [1.29, 1.82) is 0 Å². The number of hydrogen-bond donors (Lipinski definition) is 0. The molecule has 0 atom stereocenters. The molecule has 0 spiro atoms. The van der Waals surface area contributed by atoms with Gasteiger partial charge in [0.25, 0.3) is 11.8 Å². The fourth-order valence-electron chi connectivity index (χ4n) is 2.61. The van der Waals surface area contributed by atoms with Gasteiger partial charge in [0, 0.05) is 31.7 Å². The van der Waals surface area contributed by atoms with Crippen molar-refractivity contribution >= 4 is 23.9 Å². The molecule has 7 nitrogen and oxygen atoms in total. The van der Waals surface area contributed by atoms with Gasteiger partial charge in [0.15, 0.2) is 0 Å². The molecule has 1 aromatic carbocycles. The number of urea groups is 1. The van der Waals surface area contributed by atoms with Crippen LogP contribution in [-0.2, 0) is 9.59 Å². The molecule has 2 aromatic rings. The van der Waals surface area contributed by atoms with Crippen molar-refractivity contribution in [2.75, 3.05) is 21.2 Å². The summed E-state index contributed by atoms with van der Waals surface area (Å²) < 4.78 is 6.98. The number of likely N-dealkylation sites (N-methyl/N-ethyl adjacent to an activating group) is 2. The van der Waals surface area contributed by atoms with E-state index in [9.17, 15) is 14.4 Å². The smallest absolute Gasteiger partial charge is 0.333 e. The Morgan fingerprint density at radius 1 is 0.920 bits per heavy atom. The zero-order valence-electron chi connectivity index (χ0n) is 14.1. The minimum Gasteiger partial charge on any atom is -0.497 e. The zero-order chi connectivity index (χ0) is 18.1. The van der Waals surface area contributed by atoms with E-state index in [1.54, 1.807) is 13.2 Å². The Hall–Kier alpha value is -3.35. The van der Waals surface area contributed by atoms with E-state index in [2.05, 4.69) is 0 Å². The third kappa shape index (κ3) is 2.80. The van der Waals surface area contributed by atoms with Gasteiger partial charge in [-0.3, -0.25) is 19.4 Å². The van der Waals surface area contributed by atoms with Crippen molar-refractivity contribution in [3.05, 3.63) is 53.9 Å². The number of imide groups is 2. The topological polar surface area (TPSA) is 71.8 Å². The molecule has 1 saturated heterocycles. The molecule has 0 saturated carbocycles. The van der Waals surface area contributed by atoms with Gasteiger partial charge in [0.05, 0.1) is 7.11 Å². The molecule has 0 unspecified atom stereocenters. The number of rotatable bonds is 3. The van der Waals surface area contributed by atoms with Crippen LogP contribution in [0, 0.1) is 0 Å². The van der Waals surface area contributed by atoms with Crippen LogP contribution >= 0.6 is 0 Å². The number of benzene rings is 1. The second-order valence-corrected chi connectivity index (χ2v) is 5.57. The average molecular weight is 339 g/mol. The summed E-state index contributed by atoms with van der Waals surface area (Å²) in [6.45, 7) is 0. The Bertz CT molecular complexity index is 854. The van der Waals surface area contributed by atoms with Crippen LogP contribution in [0.1, 0.15) is 5.69 Å². The van der Waals surface area contributed by atoms with Crippen LogP contribution in [0.15, 0.2) is 48.2 Å². The molecule has 2 heterocycles. The molecule has 1 aromatic heterocycles. The molecule has 3 rings (SSSR count). The largest absolute Gasteiger partial charge is 0.497 e. The predicted octanol–water partition coefficient (Wildman–Crippen LogP) is 1.92. The van der Waals surface area contributed by atoms with Gasteiger partial charge in [-0.15, -0.1) is 0 Å². The normalized spacial score (nSPS) is 15.0. The fourth-order valence-corrected chi connectivity index (χ4v) is 2.61. The second kappa shape index (κ2) is 6.27. The van der Waals surface area contributed by atoms with E-state index < -0.39 is 17.8 Å². The molecule has 0 N–H and O–H groups in total. The summed E-state index contributed by atoms with van der Waals surface area (Å²) in [7, 11) is 4.29. The van der Waals surface area contributed by atoms with Crippen LogP contribution in [0.2, 0.25) is 0 Å². The van der Waals surface area contributed by atoms with Crippen LogP contribution in [0.4, 0.5) is 4.79 Å². The van der Waals surface area contributed by atoms with Crippen molar-refractivity contribution in [1.82, 2.24) is 14.4 Å². The number of aromatic nitrogens is 1. The summed E-state index contributed by atoms with van der Waals surface area (Å²) in [5.74, 6) is -0.499. The lowest BCUT2D eigenvalue weighted by atomic mass is 10.1. The highest BCUT2D eigenvalue weighted by Gasteiger charge is 2.37. The molecule has 1 aliphatic rings. The maximum atomic E-state index is 12.3. The number of carbonyl (C=O) groups is 3. The fraction of sp³-hybridized carbons (Fsp3) is 0.167. The summed E-state index contributed by atoms with van der Waals surface area (Å²) in [6, 6.07) is 10.3. The van der Waals surface area contributed by atoms with Gasteiger partial charge < -0.3 is 9.30 Å². The molecule has 0 bridgehead atoms. The zero-order valence-corrected chi connectivity index (χ0v) is 14.1. The summed E-state index contributed by atoms with van der Waals surface area (Å²) in [4.78, 5) is 38.3. The Morgan fingerprint density at radius 3 is 2.08 bits per heavy atom. The summed E-state index contributed by atoms with van der Waals surface area (Å²) >= 11 is 0. The maximum absolute atomic E-state index is 12.3. The van der Waals surface area contributed by atoms with E-state index in [0.29, 0.717) is 5.69 Å². The highest BCUT2D eigenvalue weighted by molar-refractivity contribution is 6.30. The first-order valence-corrected chi connectivity index (χ1v) is 7.57. The van der Waals surface area contributed by atoms with Crippen molar-refractivity contribution in [3.63, 3.8) is 0 Å². The van der Waals surface area contributed by atoms with Crippen LogP contribution in [-0.4, -0.2) is 53.4 Å². The Morgan fingerprint density at radius 2 is 1.52 bits per heavy atom. The van der Waals surface area contributed by atoms with E-state index in [1.165, 1.54) is 20.2 Å². The number of barbiturate groups is 1. The highest BCUT2D eigenvalue weighted by atomic mass is 16.5. The number of nitrogens with zero attached hydrogens (tertiary/aromatic N) is 3. The Kier molecular flexibility index (Phi) is 4.14. The lowest BCUT2D eigenvalue weighted by molar-refractivity contribution is -0.134. The number of amides is 4. The first kappa shape index (κ1) is 16.5. The molecular formula is C18H17N3O4. The molecule has 1 fully saturated rings. The van der Waals surface area contributed by atoms with E-state index >= 15 is 0 Å². The number of ether oxygens (including phenoxy) is 1. The van der Waals surface area contributed by atoms with Gasteiger partial charge in [-0.05, 0) is 42.5 Å². The summed E-state index contributed by atoms with van der Waals surface area (Å²) in [5.41, 5.74) is 1.45. The van der Waals surface area contributed by atoms with Gasteiger partial charge in [0.1, 0.15) is 11.3 Å². The van der Waals surface area contributed by atoms with Crippen LogP contribution < -0.4 is 4.74 Å². The van der Waals surface area contributed by atoms with Gasteiger partial charge in [0.2, 0.25) is 0 Å². The van der Waals surface area contributed by atoms with Gasteiger partial charge in [-0.1, -0.05) is 0 Å². The lowest BCUT2D eigenvalue weighted by Gasteiger charge is -2.28. The van der Waals surface area contributed by atoms with E-state index in [0.717, 1.165) is 21.2 Å². The maximum Gasteiger partial charge on any atom is 0.333 e. The lowest BCUT2D eigenvalue weighted by Crippen LogP contribution is -2.52. The van der Waals surface area contributed by atoms with E-state index in [-0.39, 0.29) is 5.57 Å². The molecule has 4 amide bonds. The van der Waals surface area contributed by atoms with Crippen molar-refractivity contribution in [3.8, 4) is 11.4 Å². The Labute approximate surface area is 144 Å². The SMILES string of the molecule is COc1ccc(-n2cccc2C=C2C(=O)N(C)C(=O)N(C)C2=O)cc1. The molecule has 0 aliphatic carbocycles. The summed E-state index contributed by atoms with van der Waals surface area (Å²) in [5, 5.41) is 0. The van der Waals surface area contributed by atoms with Crippen molar-refractivity contribution in [2.24, 2.45) is 0 Å².